The summed E-state index contributed by atoms with van der Waals surface area (Å²) in [5.74, 6) is 0.965. The van der Waals surface area contributed by atoms with E-state index in [1.165, 1.54) is 0 Å². The normalized spacial score (nSPS) is 24.1. The Balaban J connectivity index is 1.67. The summed E-state index contributed by atoms with van der Waals surface area (Å²) in [6.45, 7) is 11.3. The summed E-state index contributed by atoms with van der Waals surface area (Å²) in [5, 5.41) is 0. The highest BCUT2D eigenvalue weighted by Crippen LogP contribution is 2.40. The van der Waals surface area contributed by atoms with Crippen molar-refractivity contribution in [2.45, 2.75) is 111 Å². The van der Waals surface area contributed by atoms with Crippen LogP contribution in [-0.2, 0) is 31.9 Å². The number of rotatable bonds is 9. The zero-order chi connectivity index (χ0) is 27.1. The van der Waals surface area contributed by atoms with Crippen molar-refractivity contribution in [2.75, 3.05) is 13.2 Å². The van der Waals surface area contributed by atoms with E-state index in [1.54, 1.807) is 6.92 Å². The van der Waals surface area contributed by atoms with Gasteiger partial charge < -0.3 is 14.0 Å². The SMILES string of the molecule is [2H]C([2H])(OCC)c1cc(CN2C(=O)C3(CCCC3)N=C2CCCC)ccc1B1OCC(C)(C)C(C)(C)O1. The number of unbranched alkanes of at least 4 members (excludes halogenated alkanes) is 1. The number of amidine groups is 1. The molecule has 7 heteroatoms. The molecular formula is C28H43BN2O4. The first-order valence-corrected chi connectivity index (χ1v) is 13.3. The summed E-state index contributed by atoms with van der Waals surface area (Å²) in [6, 6.07) is 5.63. The summed E-state index contributed by atoms with van der Waals surface area (Å²) in [6.07, 6.45) is 6.50. The molecule has 4 rings (SSSR count). The lowest BCUT2D eigenvalue weighted by molar-refractivity contribution is -0.131. The second kappa shape index (κ2) is 10.4. The van der Waals surface area contributed by atoms with Crippen LogP contribution in [0.4, 0.5) is 0 Å². The topological polar surface area (TPSA) is 60.4 Å². The summed E-state index contributed by atoms with van der Waals surface area (Å²) >= 11 is 0. The molecule has 1 saturated carbocycles. The average molecular weight is 484 g/mol. The van der Waals surface area contributed by atoms with Crippen molar-refractivity contribution in [3.05, 3.63) is 29.3 Å². The van der Waals surface area contributed by atoms with Gasteiger partial charge in [-0.1, -0.05) is 58.2 Å². The minimum Gasteiger partial charge on any atom is -0.407 e. The largest absolute Gasteiger partial charge is 0.494 e. The van der Waals surface area contributed by atoms with E-state index in [0.29, 0.717) is 24.2 Å². The van der Waals surface area contributed by atoms with Crippen LogP contribution in [0.25, 0.3) is 0 Å². The van der Waals surface area contributed by atoms with Gasteiger partial charge in [0.15, 0.2) is 0 Å². The van der Waals surface area contributed by atoms with Crippen LogP contribution in [0.3, 0.4) is 0 Å². The van der Waals surface area contributed by atoms with Crippen molar-refractivity contribution in [2.24, 2.45) is 10.4 Å². The van der Waals surface area contributed by atoms with Gasteiger partial charge in [0.05, 0.1) is 21.4 Å². The molecule has 0 aromatic heterocycles. The van der Waals surface area contributed by atoms with Gasteiger partial charge >= 0.3 is 7.12 Å². The van der Waals surface area contributed by atoms with Gasteiger partial charge in [0.2, 0.25) is 0 Å². The van der Waals surface area contributed by atoms with Crippen LogP contribution in [0.2, 0.25) is 0 Å². The number of benzene rings is 1. The Labute approximate surface area is 214 Å². The van der Waals surface area contributed by atoms with Crippen molar-refractivity contribution < 1.29 is 21.6 Å². The maximum Gasteiger partial charge on any atom is 0.494 e. The van der Waals surface area contributed by atoms with Crippen molar-refractivity contribution in [1.82, 2.24) is 4.90 Å². The number of hydrogen-bond donors (Lipinski definition) is 0. The lowest BCUT2D eigenvalue weighted by atomic mass is 9.68. The maximum absolute atomic E-state index is 13.6. The van der Waals surface area contributed by atoms with Gasteiger partial charge in [-0.2, -0.15) is 0 Å². The van der Waals surface area contributed by atoms with Gasteiger partial charge in [0.1, 0.15) is 11.4 Å². The van der Waals surface area contributed by atoms with E-state index in [0.717, 1.165) is 56.3 Å². The van der Waals surface area contributed by atoms with Crippen LogP contribution in [0.15, 0.2) is 23.2 Å². The fourth-order valence-corrected chi connectivity index (χ4v) is 5.10. The van der Waals surface area contributed by atoms with Crippen molar-refractivity contribution in [3.63, 3.8) is 0 Å². The predicted octanol–water partition coefficient (Wildman–Crippen LogP) is 5.01. The molecule has 3 aliphatic rings. The fraction of sp³-hybridized carbons (Fsp3) is 0.714. The fourth-order valence-electron chi connectivity index (χ4n) is 5.10. The molecule has 1 aromatic carbocycles. The standard InChI is InChI=1S/C28H43BN2O4/c1-7-9-12-24-30-28(15-10-11-16-28)25(32)31(24)18-21-13-14-23(22(17-21)19-33-8-2)29-34-20-26(3,4)27(5,6)35-29/h13-14,17H,7-12,15-16,18-20H2,1-6H3/i19D2. The Kier molecular flexibility index (Phi) is 7.01. The molecule has 2 heterocycles. The van der Waals surface area contributed by atoms with Crippen LogP contribution >= 0.6 is 0 Å². The Morgan fingerprint density at radius 3 is 2.60 bits per heavy atom. The minimum atomic E-state index is -2.04. The van der Waals surface area contributed by atoms with Gasteiger partial charge in [-0.15, -0.1) is 0 Å². The maximum atomic E-state index is 13.6. The van der Waals surface area contributed by atoms with Gasteiger partial charge in [0, 0.05) is 25.0 Å². The van der Waals surface area contributed by atoms with Crippen LogP contribution in [0.5, 0.6) is 0 Å². The molecule has 2 aliphatic heterocycles. The van der Waals surface area contributed by atoms with Gasteiger partial charge in [-0.3, -0.25) is 14.7 Å². The van der Waals surface area contributed by atoms with Crippen molar-refractivity contribution >= 4 is 24.3 Å². The molecular weight excluding hydrogens is 439 g/mol. The number of ether oxygens (including phenoxy) is 1. The third kappa shape index (κ3) is 5.23. The van der Waals surface area contributed by atoms with Crippen LogP contribution < -0.4 is 5.46 Å². The molecule has 0 atom stereocenters. The van der Waals surface area contributed by atoms with E-state index in [9.17, 15) is 4.79 Å². The second-order valence-electron chi connectivity index (χ2n) is 11.4. The van der Waals surface area contributed by atoms with Crippen molar-refractivity contribution in [1.29, 1.82) is 0 Å². The number of carbonyl (C=O) groups is 1. The molecule has 1 aliphatic carbocycles. The molecule has 35 heavy (non-hydrogen) atoms. The lowest BCUT2D eigenvalue weighted by Crippen LogP contribution is -2.58. The predicted molar refractivity (Wildman–Crippen MR) is 141 cm³/mol. The van der Waals surface area contributed by atoms with Crippen LogP contribution in [-0.4, -0.2) is 48.1 Å². The Bertz CT molecular complexity index is 1040. The highest BCUT2D eigenvalue weighted by molar-refractivity contribution is 6.62. The number of carbonyl (C=O) groups excluding carboxylic acids is 1. The van der Waals surface area contributed by atoms with Gasteiger partial charge in [-0.05, 0) is 56.6 Å². The molecule has 0 bridgehead atoms. The molecule has 1 amide bonds. The third-order valence-corrected chi connectivity index (χ3v) is 8.15. The quantitative estimate of drug-likeness (QED) is 0.462. The van der Waals surface area contributed by atoms with Gasteiger partial charge in [0.25, 0.3) is 5.91 Å². The summed E-state index contributed by atoms with van der Waals surface area (Å²) in [7, 11) is -0.709. The van der Waals surface area contributed by atoms with Crippen LogP contribution in [0, 0.1) is 5.41 Å². The molecule has 1 aromatic rings. The van der Waals surface area contributed by atoms with Gasteiger partial charge in [-0.25, -0.2) is 0 Å². The molecule has 1 saturated heterocycles. The third-order valence-electron chi connectivity index (χ3n) is 8.15. The highest BCUT2D eigenvalue weighted by atomic mass is 16.6. The molecule has 0 radical (unpaired) electrons. The highest BCUT2D eigenvalue weighted by Gasteiger charge is 2.50. The number of nitrogens with zero attached hydrogens (tertiary/aromatic N) is 2. The summed E-state index contributed by atoms with van der Waals surface area (Å²) < 4.78 is 35.5. The van der Waals surface area contributed by atoms with E-state index >= 15 is 0 Å². The first-order valence-electron chi connectivity index (χ1n) is 14.3. The first-order chi connectivity index (χ1) is 17.4. The molecule has 192 valence electrons. The Morgan fingerprint density at radius 2 is 1.94 bits per heavy atom. The average Bonchev–Trinajstić information content (AvgIpc) is 3.40. The number of amides is 1. The minimum absolute atomic E-state index is 0.0949. The summed E-state index contributed by atoms with van der Waals surface area (Å²) in [4.78, 5) is 20.4. The molecule has 1 spiro atoms. The monoisotopic (exact) mass is 484 g/mol. The smallest absolute Gasteiger partial charge is 0.407 e. The summed E-state index contributed by atoms with van der Waals surface area (Å²) in [5.41, 5.74) is 0.585. The van der Waals surface area contributed by atoms with Crippen molar-refractivity contribution in [3.8, 4) is 0 Å². The molecule has 2 fully saturated rings. The van der Waals surface area contributed by atoms with E-state index in [2.05, 4.69) is 20.8 Å². The Morgan fingerprint density at radius 1 is 1.20 bits per heavy atom. The van der Waals surface area contributed by atoms with E-state index in [1.807, 2.05) is 36.9 Å². The lowest BCUT2D eigenvalue weighted by Gasteiger charge is -2.47. The number of hydrogen-bond acceptors (Lipinski definition) is 5. The second-order valence-corrected chi connectivity index (χ2v) is 11.4. The number of aliphatic imine (C=N–C) groups is 1. The molecule has 6 nitrogen and oxygen atoms in total. The zero-order valence-electron chi connectivity index (χ0n) is 24.4. The first kappa shape index (κ1) is 23.7. The van der Waals surface area contributed by atoms with Crippen LogP contribution in [0.1, 0.15) is 100 Å². The zero-order valence-corrected chi connectivity index (χ0v) is 22.4. The van der Waals surface area contributed by atoms with E-state index in [-0.39, 0.29) is 17.9 Å². The Hall–Kier alpha value is -1.70. The van der Waals surface area contributed by atoms with E-state index in [4.69, 9.17) is 21.8 Å². The molecule has 0 N–H and O–H groups in total. The molecule has 0 unspecified atom stereocenters. The van der Waals surface area contributed by atoms with E-state index < -0.39 is 24.8 Å².